The Hall–Kier alpha value is -3.57. The molecule has 0 radical (unpaired) electrons. The normalized spacial score (nSPS) is 22.4. The quantitative estimate of drug-likeness (QED) is 0.600. The number of amides is 1. The molecule has 8 nitrogen and oxygen atoms in total. The molecular formula is C21H19F4N7O. The Kier molecular flexibility index (Phi) is 5.22. The van der Waals surface area contributed by atoms with Gasteiger partial charge < -0.3 is 10.2 Å². The summed E-state index contributed by atoms with van der Waals surface area (Å²) in [5.41, 5.74) is -0.945. The van der Waals surface area contributed by atoms with Crippen LogP contribution in [0.2, 0.25) is 0 Å². The van der Waals surface area contributed by atoms with Crippen molar-refractivity contribution in [3.05, 3.63) is 60.1 Å². The summed E-state index contributed by atoms with van der Waals surface area (Å²) in [6.45, 7) is 0.517. The molecule has 0 spiro atoms. The van der Waals surface area contributed by atoms with Gasteiger partial charge in [-0.05, 0) is 37.3 Å². The molecule has 1 aliphatic carbocycles. The molecule has 2 aromatic heterocycles. The van der Waals surface area contributed by atoms with Crippen molar-refractivity contribution in [1.29, 1.82) is 0 Å². The van der Waals surface area contributed by atoms with Crippen LogP contribution < -0.4 is 5.32 Å². The summed E-state index contributed by atoms with van der Waals surface area (Å²) in [5.74, 6) is -0.547. The number of alkyl halides is 3. The minimum atomic E-state index is -4.56. The van der Waals surface area contributed by atoms with Crippen molar-refractivity contribution in [2.24, 2.45) is 5.92 Å². The molecular weight excluding hydrogens is 442 g/mol. The SMILES string of the molecule is O=C(c1cccc(F)c1-n1nccn1)N1C[C@H]2CC[C@H]1[C@H](Nc1cnc(C(F)(F)F)cn1)C2. The zero-order chi connectivity index (χ0) is 23.2. The average molecular weight is 461 g/mol. The van der Waals surface area contributed by atoms with E-state index in [2.05, 4.69) is 25.5 Å². The zero-order valence-corrected chi connectivity index (χ0v) is 17.2. The highest BCUT2D eigenvalue weighted by atomic mass is 19.4. The first-order chi connectivity index (χ1) is 15.8. The van der Waals surface area contributed by atoms with E-state index in [0.29, 0.717) is 19.2 Å². The van der Waals surface area contributed by atoms with Crippen molar-refractivity contribution in [1.82, 2.24) is 29.9 Å². The maximum atomic E-state index is 14.6. The lowest BCUT2D eigenvalue weighted by Crippen LogP contribution is -2.60. The average Bonchev–Trinajstić information content (AvgIpc) is 3.33. The molecule has 172 valence electrons. The molecule has 3 aromatic rings. The molecule has 1 saturated carbocycles. The molecule has 1 amide bonds. The molecule has 2 bridgehead atoms. The number of nitrogens with zero attached hydrogens (tertiary/aromatic N) is 6. The minimum absolute atomic E-state index is 0.0212. The molecule has 1 aromatic carbocycles. The second kappa shape index (κ2) is 8.09. The third kappa shape index (κ3) is 4.00. The topological polar surface area (TPSA) is 88.8 Å². The number of fused-ring (bicyclic) bond motifs is 3. The van der Waals surface area contributed by atoms with Gasteiger partial charge in [-0.25, -0.2) is 14.4 Å². The van der Waals surface area contributed by atoms with Crippen molar-refractivity contribution >= 4 is 11.7 Å². The lowest BCUT2D eigenvalue weighted by molar-refractivity contribution is -0.141. The van der Waals surface area contributed by atoms with Crippen molar-refractivity contribution in [2.45, 2.75) is 37.5 Å². The van der Waals surface area contributed by atoms with Gasteiger partial charge in [0.15, 0.2) is 11.5 Å². The van der Waals surface area contributed by atoms with Gasteiger partial charge in [0.1, 0.15) is 11.5 Å². The number of carbonyl (C=O) groups excluding carboxylic acids is 1. The van der Waals surface area contributed by atoms with Crippen LogP contribution >= 0.6 is 0 Å². The lowest BCUT2D eigenvalue weighted by atomic mass is 9.76. The fraction of sp³-hybridized carbons (Fsp3) is 0.381. The van der Waals surface area contributed by atoms with E-state index >= 15 is 0 Å². The summed E-state index contributed by atoms with van der Waals surface area (Å²) >= 11 is 0. The fourth-order valence-electron chi connectivity index (χ4n) is 4.70. The first-order valence-electron chi connectivity index (χ1n) is 10.4. The Morgan fingerprint density at radius 2 is 1.88 bits per heavy atom. The summed E-state index contributed by atoms with van der Waals surface area (Å²) in [4.78, 5) is 23.6. The molecule has 6 rings (SSSR count). The van der Waals surface area contributed by atoms with E-state index in [-0.39, 0.29) is 41.0 Å². The van der Waals surface area contributed by atoms with Gasteiger partial charge in [-0.2, -0.15) is 23.4 Å². The van der Waals surface area contributed by atoms with E-state index in [1.54, 1.807) is 4.90 Å². The van der Waals surface area contributed by atoms with Gasteiger partial charge >= 0.3 is 6.18 Å². The number of hydrogen-bond acceptors (Lipinski definition) is 6. The molecule has 3 atom stereocenters. The highest BCUT2D eigenvalue weighted by Gasteiger charge is 2.44. The Labute approximate surface area is 185 Å². The van der Waals surface area contributed by atoms with Gasteiger partial charge in [0.05, 0.1) is 36.4 Å². The van der Waals surface area contributed by atoms with Crippen LogP contribution in [-0.2, 0) is 6.18 Å². The number of halogens is 4. The zero-order valence-electron chi connectivity index (χ0n) is 17.2. The Bertz CT molecular complexity index is 1150. The van der Waals surface area contributed by atoms with Gasteiger partial charge in [0, 0.05) is 12.6 Å². The molecule has 33 heavy (non-hydrogen) atoms. The highest BCUT2D eigenvalue weighted by Crippen LogP contribution is 2.38. The van der Waals surface area contributed by atoms with Gasteiger partial charge in [0.25, 0.3) is 5.91 Å². The number of piperidine rings is 2. The summed E-state index contributed by atoms with van der Waals surface area (Å²) in [6.07, 6.45) is 2.35. The Balaban J connectivity index is 1.40. The van der Waals surface area contributed by atoms with Gasteiger partial charge in [-0.3, -0.25) is 4.79 Å². The molecule has 2 saturated heterocycles. The van der Waals surface area contributed by atoms with Gasteiger partial charge in [-0.15, -0.1) is 4.80 Å². The fourth-order valence-corrected chi connectivity index (χ4v) is 4.70. The second-order valence-corrected chi connectivity index (χ2v) is 8.19. The molecule has 3 aliphatic rings. The molecule has 2 aliphatic heterocycles. The number of aromatic nitrogens is 5. The van der Waals surface area contributed by atoms with Gasteiger partial charge in [-0.1, -0.05) is 6.07 Å². The van der Waals surface area contributed by atoms with E-state index < -0.39 is 17.7 Å². The third-order valence-electron chi connectivity index (χ3n) is 6.15. The number of rotatable bonds is 4. The maximum absolute atomic E-state index is 14.6. The summed E-state index contributed by atoms with van der Waals surface area (Å²) in [6, 6.07) is 3.80. The van der Waals surface area contributed by atoms with Crippen LogP contribution in [-0.4, -0.2) is 54.4 Å². The van der Waals surface area contributed by atoms with Gasteiger partial charge in [0.2, 0.25) is 0 Å². The predicted molar refractivity (Wildman–Crippen MR) is 108 cm³/mol. The van der Waals surface area contributed by atoms with Crippen LogP contribution in [0.1, 0.15) is 35.3 Å². The first kappa shape index (κ1) is 21.3. The van der Waals surface area contributed by atoms with Crippen molar-refractivity contribution in [2.75, 3.05) is 11.9 Å². The largest absolute Gasteiger partial charge is 0.434 e. The van der Waals surface area contributed by atoms with Crippen molar-refractivity contribution in [3.63, 3.8) is 0 Å². The van der Waals surface area contributed by atoms with Crippen LogP contribution in [0.3, 0.4) is 0 Å². The van der Waals surface area contributed by atoms with E-state index in [1.165, 1.54) is 30.6 Å². The molecule has 4 heterocycles. The smallest absolute Gasteiger partial charge is 0.364 e. The summed E-state index contributed by atoms with van der Waals surface area (Å²) in [7, 11) is 0. The van der Waals surface area contributed by atoms with E-state index in [4.69, 9.17) is 0 Å². The lowest BCUT2D eigenvalue weighted by Gasteiger charge is -2.50. The van der Waals surface area contributed by atoms with Crippen molar-refractivity contribution in [3.8, 4) is 5.69 Å². The summed E-state index contributed by atoms with van der Waals surface area (Å²) in [5, 5.41) is 11.1. The number of benzene rings is 1. The molecule has 3 fully saturated rings. The predicted octanol–water partition coefficient (Wildman–Crippen LogP) is 3.32. The minimum Gasteiger partial charge on any atom is -0.364 e. The van der Waals surface area contributed by atoms with Crippen LogP contribution in [0.15, 0.2) is 43.0 Å². The number of hydrogen-bond donors (Lipinski definition) is 1. The number of para-hydroxylation sites is 1. The van der Waals surface area contributed by atoms with E-state index in [0.717, 1.165) is 23.8 Å². The van der Waals surface area contributed by atoms with Crippen LogP contribution in [0, 0.1) is 11.7 Å². The molecule has 1 N–H and O–H groups in total. The summed E-state index contributed by atoms with van der Waals surface area (Å²) < 4.78 is 52.9. The number of anilines is 1. The van der Waals surface area contributed by atoms with Crippen molar-refractivity contribution < 1.29 is 22.4 Å². The van der Waals surface area contributed by atoms with Crippen LogP contribution in [0.25, 0.3) is 5.69 Å². The first-order valence-corrected chi connectivity index (χ1v) is 10.4. The van der Waals surface area contributed by atoms with Crippen LogP contribution in [0.4, 0.5) is 23.4 Å². The highest BCUT2D eigenvalue weighted by molar-refractivity contribution is 5.98. The van der Waals surface area contributed by atoms with E-state index in [9.17, 15) is 22.4 Å². The van der Waals surface area contributed by atoms with E-state index in [1.807, 2.05) is 0 Å². The number of nitrogens with one attached hydrogen (secondary N) is 1. The molecule has 12 heteroatoms. The monoisotopic (exact) mass is 461 g/mol. The Morgan fingerprint density at radius 1 is 1.09 bits per heavy atom. The second-order valence-electron chi connectivity index (χ2n) is 8.19. The maximum Gasteiger partial charge on any atom is 0.434 e. The third-order valence-corrected chi connectivity index (χ3v) is 6.15. The standard InChI is InChI=1S/C21H19F4N7O/c22-14-3-1-2-13(19(14)32-28-6-7-29-32)20(33)31-11-12-4-5-16(31)15(8-12)30-18-10-26-17(9-27-18)21(23,24)25/h1-3,6-7,9-10,12,15-16H,4-5,8,11H2,(H,27,30)/t12-,15+,16-/m0/s1. The number of carbonyl (C=O) groups is 1. The van der Waals surface area contributed by atoms with Crippen LogP contribution in [0.5, 0.6) is 0 Å². The Morgan fingerprint density at radius 3 is 2.55 bits per heavy atom. The molecule has 0 unspecified atom stereocenters.